The Bertz CT molecular complexity index is 1390. The number of anilines is 1. The number of nitrogens with zero attached hydrogens (tertiary/aromatic N) is 3. The molecule has 0 unspecified atom stereocenters. The van der Waals surface area contributed by atoms with Crippen LogP contribution in [-0.4, -0.2) is 36.7 Å². The predicted molar refractivity (Wildman–Crippen MR) is 139 cm³/mol. The van der Waals surface area contributed by atoms with Crippen molar-refractivity contribution in [3.8, 4) is 0 Å². The third-order valence-electron chi connectivity index (χ3n) is 5.83. The third-order valence-corrected chi connectivity index (χ3v) is 8.86. The van der Waals surface area contributed by atoms with Crippen LogP contribution in [0.25, 0.3) is 10.2 Å². The number of thiazole rings is 1. The number of benzene rings is 2. The first-order valence-corrected chi connectivity index (χ1v) is 13.9. The normalized spacial score (nSPS) is 11.9. The van der Waals surface area contributed by atoms with E-state index in [9.17, 15) is 13.2 Å². The van der Waals surface area contributed by atoms with Gasteiger partial charge in [0.05, 0.1) is 27.9 Å². The van der Waals surface area contributed by atoms with E-state index in [2.05, 4.69) is 0 Å². The molecule has 7 nitrogen and oxygen atoms in total. The molecule has 4 rings (SSSR count). The monoisotopic (exact) mass is 511 g/mol. The van der Waals surface area contributed by atoms with Crippen LogP contribution in [0.2, 0.25) is 0 Å². The number of unbranched alkanes of at least 4 members (excludes halogenated alkanes) is 1. The summed E-state index contributed by atoms with van der Waals surface area (Å²) in [6, 6.07) is 15.7. The number of aryl methyl sites for hydroxylation is 1. The van der Waals surface area contributed by atoms with E-state index in [-0.39, 0.29) is 17.3 Å². The molecule has 2 heterocycles. The summed E-state index contributed by atoms with van der Waals surface area (Å²) in [4.78, 5) is 20.1. The molecule has 0 bridgehead atoms. The van der Waals surface area contributed by atoms with E-state index < -0.39 is 10.0 Å². The molecule has 0 fully saturated rings. The van der Waals surface area contributed by atoms with E-state index in [0.29, 0.717) is 29.5 Å². The largest absolute Gasteiger partial charge is 0.467 e. The molecule has 2 aromatic heterocycles. The van der Waals surface area contributed by atoms with Gasteiger partial charge >= 0.3 is 0 Å². The number of fused-ring (bicyclic) bond motifs is 1. The van der Waals surface area contributed by atoms with Gasteiger partial charge < -0.3 is 4.42 Å². The fourth-order valence-electron chi connectivity index (χ4n) is 3.83. The Morgan fingerprint density at radius 3 is 2.46 bits per heavy atom. The van der Waals surface area contributed by atoms with Crippen molar-refractivity contribution < 1.29 is 17.6 Å². The van der Waals surface area contributed by atoms with E-state index in [0.717, 1.165) is 28.6 Å². The summed E-state index contributed by atoms with van der Waals surface area (Å²) < 4.78 is 34.1. The summed E-state index contributed by atoms with van der Waals surface area (Å²) in [5, 5.41) is 0.559. The highest BCUT2D eigenvalue weighted by molar-refractivity contribution is 7.89. The molecule has 0 spiro atoms. The van der Waals surface area contributed by atoms with Crippen molar-refractivity contribution in [2.45, 2.75) is 45.1 Å². The van der Waals surface area contributed by atoms with Gasteiger partial charge in [-0.1, -0.05) is 43.7 Å². The van der Waals surface area contributed by atoms with Gasteiger partial charge in [0.2, 0.25) is 10.0 Å². The molecule has 0 radical (unpaired) electrons. The zero-order valence-electron chi connectivity index (χ0n) is 20.1. The smallest absolute Gasteiger partial charge is 0.260 e. The highest BCUT2D eigenvalue weighted by Gasteiger charge is 2.26. The van der Waals surface area contributed by atoms with Crippen LogP contribution in [0, 0.1) is 6.92 Å². The van der Waals surface area contributed by atoms with Gasteiger partial charge in [0.1, 0.15) is 5.76 Å². The number of carbonyl (C=O) groups is 1. The standard InChI is InChI=1S/C26H29N3O4S2/c1-4-6-16-28(5-2)35(31,32)22-14-12-20(13-15-22)25(30)29(18-21-10-8-17-33-21)26-27-24-19(3)9-7-11-23(24)34-26/h7-15,17H,4-6,16,18H2,1-3H3. The number of sulfonamides is 1. The number of para-hydroxylation sites is 1. The van der Waals surface area contributed by atoms with Crippen LogP contribution in [0.4, 0.5) is 5.13 Å². The minimum Gasteiger partial charge on any atom is -0.467 e. The van der Waals surface area contributed by atoms with E-state index >= 15 is 0 Å². The van der Waals surface area contributed by atoms with E-state index in [1.807, 2.05) is 45.0 Å². The van der Waals surface area contributed by atoms with Gasteiger partial charge in [-0.2, -0.15) is 4.31 Å². The highest BCUT2D eigenvalue weighted by Crippen LogP contribution is 2.32. The summed E-state index contributed by atoms with van der Waals surface area (Å²) in [5.74, 6) is 0.350. The Morgan fingerprint density at radius 1 is 1.06 bits per heavy atom. The number of rotatable bonds is 10. The average Bonchev–Trinajstić information content (AvgIpc) is 3.53. The van der Waals surface area contributed by atoms with Gasteiger partial charge in [-0.3, -0.25) is 9.69 Å². The molecule has 0 saturated carbocycles. The SMILES string of the molecule is CCCCN(CC)S(=O)(=O)c1ccc(C(=O)N(Cc2ccco2)c2nc3c(C)cccc3s2)cc1. The lowest BCUT2D eigenvalue weighted by Crippen LogP contribution is -2.32. The Kier molecular flexibility index (Phi) is 7.69. The number of aromatic nitrogens is 1. The first-order valence-electron chi connectivity index (χ1n) is 11.7. The lowest BCUT2D eigenvalue weighted by Gasteiger charge is -2.21. The Labute approximate surface area is 210 Å². The highest BCUT2D eigenvalue weighted by atomic mass is 32.2. The average molecular weight is 512 g/mol. The van der Waals surface area contributed by atoms with Crippen LogP contribution in [0.15, 0.2) is 70.2 Å². The van der Waals surface area contributed by atoms with Crippen LogP contribution < -0.4 is 4.90 Å². The molecule has 0 N–H and O–H groups in total. The van der Waals surface area contributed by atoms with Crippen LogP contribution in [0.5, 0.6) is 0 Å². The molecule has 0 saturated heterocycles. The van der Waals surface area contributed by atoms with Crippen molar-refractivity contribution >= 4 is 42.6 Å². The minimum atomic E-state index is -3.62. The zero-order chi connectivity index (χ0) is 25.0. The summed E-state index contributed by atoms with van der Waals surface area (Å²) in [5.41, 5.74) is 2.27. The number of hydrogen-bond acceptors (Lipinski definition) is 6. The molecule has 4 aromatic rings. The fourth-order valence-corrected chi connectivity index (χ4v) is 6.36. The van der Waals surface area contributed by atoms with Crippen LogP contribution in [0.3, 0.4) is 0 Å². The maximum Gasteiger partial charge on any atom is 0.260 e. The number of amides is 1. The lowest BCUT2D eigenvalue weighted by atomic mass is 10.2. The zero-order valence-corrected chi connectivity index (χ0v) is 21.7. The quantitative estimate of drug-likeness (QED) is 0.266. The second-order valence-electron chi connectivity index (χ2n) is 8.26. The molecular formula is C26H29N3O4S2. The van der Waals surface area contributed by atoms with Crippen molar-refractivity contribution in [1.82, 2.24) is 9.29 Å². The molecular weight excluding hydrogens is 482 g/mol. The van der Waals surface area contributed by atoms with Crippen molar-refractivity contribution in [1.29, 1.82) is 0 Å². The van der Waals surface area contributed by atoms with Gasteiger partial charge in [-0.05, 0) is 61.4 Å². The summed E-state index contributed by atoms with van der Waals surface area (Å²) in [6.45, 7) is 6.94. The van der Waals surface area contributed by atoms with E-state index in [4.69, 9.17) is 9.40 Å². The van der Waals surface area contributed by atoms with Crippen LogP contribution in [-0.2, 0) is 16.6 Å². The number of carbonyl (C=O) groups excluding carboxylic acids is 1. The molecule has 0 aliphatic heterocycles. The Balaban J connectivity index is 1.66. The lowest BCUT2D eigenvalue weighted by molar-refractivity contribution is 0.0983. The minimum absolute atomic E-state index is 0.181. The molecule has 0 aliphatic rings. The summed E-state index contributed by atoms with van der Waals surface area (Å²) >= 11 is 1.44. The van der Waals surface area contributed by atoms with E-state index in [1.165, 1.54) is 27.8 Å². The molecule has 1 amide bonds. The Morgan fingerprint density at radius 2 is 1.83 bits per heavy atom. The molecule has 35 heavy (non-hydrogen) atoms. The van der Waals surface area contributed by atoms with Crippen molar-refractivity contribution in [2.24, 2.45) is 0 Å². The molecule has 184 valence electrons. The van der Waals surface area contributed by atoms with Gasteiger partial charge in [0.25, 0.3) is 5.91 Å². The second kappa shape index (κ2) is 10.7. The topological polar surface area (TPSA) is 83.7 Å². The first kappa shape index (κ1) is 25.1. The van der Waals surface area contributed by atoms with Gasteiger partial charge in [-0.25, -0.2) is 13.4 Å². The summed E-state index contributed by atoms with van der Waals surface area (Å²) in [7, 11) is -3.62. The third kappa shape index (κ3) is 5.32. The van der Waals surface area contributed by atoms with Crippen LogP contribution >= 0.6 is 11.3 Å². The molecule has 9 heteroatoms. The van der Waals surface area contributed by atoms with E-state index in [1.54, 1.807) is 29.4 Å². The maximum absolute atomic E-state index is 13.6. The maximum atomic E-state index is 13.6. The Hall–Kier alpha value is -3.01. The van der Waals surface area contributed by atoms with Crippen molar-refractivity contribution in [3.05, 3.63) is 77.7 Å². The number of furan rings is 1. The van der Waals surface area contributed by atoms with Crippen LogP contribution in [0.1, 0.15) is 48.4 Å². The predicted octanol–water partition coefficient (Wildman–Crippen LogP) is 5.86. The van der Waals surface area contributed by atoms with Crippen molar-refractivity contribution in [3.63, 3.8) is 0 Å². The number of hydrogen-bond donors (Lipinski definition) is 0. The van der Waals surface area contributed by atoms with Gasteiger partial charge in [-0.15, -0.1) is 0 Å². The van der Waals surface area contributed by atoms with Gasteiger partial charge in [0, 0.05) is 18.7 Å². The fraction of sp³-hybridized carbons (Fsp3) is 0.308. The second-order valence-corrected chi connectivity index (χ2v) is 11.2. The van der Waals surface area contributed by atoms with Gasteiger partial charge in [0.15, 0.2) is 5.13 Å². The molecule has 2 aromatic carbocycles. The molecule has 0 atom stereocenters. The first-order chi connectivity index (χ1) is 16.8. The summed E-state index contributed by atoms with van der Waals surface area (Å²) in [6.07, 6.45) is 3.28. The molecule has 0 aliphatic carbocycles. The van der Waals surface area contributed by atoms with Crippen molar-refractivity contribution in [2.75, 3.05) is 18.0 Å².